The zero-order valence-corrected chi connectivity index (χ0v) is 18.5. The lowest BCUT2D eigenvalue weighted by atomic mass is 9.82. The second kappa shape index (κ2) is 8.15. The monoisotopic (exact) mass is 419 g/mol. The van der Waals surface area contributed by atoms with E-state index in [0.29, 0.717) is 5.92 Å². The average molecular weight is 420 g/mol. The molecule has 3 aliphatic rings. The first-order chi connectivity index (χ1) is 15.0. The van der Waals surface area contributed by atoms with Crippen molar-refractivity contribution in [3.8, 4) is 0 Å². The van der Waals surface area contributed by atoms with Crippen LogP contribution in [0, 0.1) is 11.8 Å². The predicted molar refractivity (Wildman–Crippen MR) is 125 cm³/mol. The summed E-state index contributed by atoms with van der Waals surface area (Å²) in [4.78, 5) is 22.3. The van der Waals surface area contributed by atoms with Crippen LogP contribution in [-0.2, 0) is 4.79 Å². The van der Waals surface area contributed by atoms with Crippen molar-refractivity contribution < 1.29 is 4.79 Å². The second-order valence-electron chi connectivity index (χ2n) is 9.46. The largest absolute Gasteiger partial charge is 0.376 e. The van der Waals surface area contributed by atoms with Crippen molar-refractivity contribution in [2.45, 2.75) is 57.7 Å². The fourth-order valence-corrected chi connectivity index (χ4v) is 5.41. The third-order valence-corrected chi connectivity index (χ3v) is 7.21. The van der Waals surface area contributed by atoms with Crippen LogP contribution < -0.4 is 20.9 Å². The fourth-order valence-electron chi connectivity index (χ4n) is 5.41. The van der Waals surface area contributed by atoms with Gasteiger partial charge >= 0.3 is 0 Å². The number of hydrogen-bond donors (Lipinski definition) is 2. The molecule has 31 heavy (non-hydrogen) atoms. The first kappa shape index (κ1) is 20.3. The molecule has 1 aromatic heterocycles. The SMILES string of the molecule is CC(=O)N1c2ccc(N3CCC(N)CC3)nc2[C@H](Nc2ccccc2)C(C)C1C1CC1. The first-order valence-electron chi connectivity index (χ1n) is 11.7. The molecule has 0 radical (unpaired) electrons. The van der Waals surface area contributed by atoms with Gasteiger partial charge in [0.2, 0.25) is 5.91 Å². The molecule has 1 saturated carbocycles. The maximum atomic E-state index is 12.8. The number of benzene rings is 1. The Morgan fingerprint density at radius 1 is 1.06 bits per heavy atom. The van der Waals surface area contributed by atoms with Crippen molar-refractivity contribution in [1.82, 2.24) is 4.98 Å². The normalized spacial score (nSPS) is 26.5. The Hall–Kier alpha value is -2.60. The Labute approximate surface area is 184 Å². The number of aromatic nitrogens is 1. The maximum absolute atomic E-state index is 12.8. The van der Waals surface area contributed by atoms with Gasteiger partial charge in [0.15, 0.2) is 0 Å². The van der Waals surface area contributed by atoms with E-state index in [2.05, 4.69) is 53.5 Å². The molecule has 2 aliphatic heterocycles. The van der Waals surface area contributed by atoms with Crippen molar-refractivity contribution in [2.24, 2.45) is 17.6 Å². The number of fused-ring (bicyclic) bond motifs is 1. The molecule has 1 aromatic carbocycles. The van der Waals surface area contributed by atoms with E-state index in [-0.39, 0.29) is 30.0 Å². The van der Waals surface area contributed by atoms with Gasteiger partial charge in [-0.1, -0.05) is 25.1 Å². The molecular formula is C25H33N5O. The molecule has 3 atom stereocenters. The summed E-state index contributed by atoms with van der Waals surface area (Å²) in [5, 5.41) is 3.76. The van der Waals surface area contributed by atoms with Crippen LogP contribution in [0.3, 0.4) is 0 Å². The fraction of sp³-hybridized carbons (Fsp3) is 0.520. The first-order valence-corrected chi connectivity index (χ1v) is 11.7. The van der Waals surface area contributed by atoms with E-state index < -0.39 is 0 Å². The van der Waals surface area contributed by atoms with Crippen molar-refractivity contribution in [3.63, 3.8) is 0 Å². The molecule has 0 bridgehead atoms. The highest BCUT2D eigenvalue weighted by atomic mass is 16.2. The summed E-state index contributed by atoms with van der Waals surface area (Å²) in [6.45, 7) is 5.83. The number of nitrogens with one attached hydrogen (secondary N) is 1. The number of carbonyl (C=O) groups excluding carboxylic acids is 1. The number of piperidine rings is 1. The van der Waals surface area contributed by atoms with E-state index in [1.165, 1.54) is 12.8 Å². The third kappa shape index (κ3) is 3.89. The summed E-state index contributed by atoms with van der Waals surface area (Å²) >= 11 is 0. The molecule has 6 nitrogen and oxygen atoms in total. The number of rotatable bonds is 4. The van der Waals surface area contributed by atoms with Gasteiger partial charge in [-0.15, -0.1) is 0 Å². The van der Waals surface area contributed by atoms with Gasteiger partial charge in [-0.05, 0) is 55.9 Å². The molecule has 6 heteroatoms. The third-order valence-electron chi connectivity index (χ3n) is 7.21. The molecule has 5 rings (SSSR count). The van der Waals surface area contributed by atoms with E-state index in [4.69, 9.17) is 10.7 Å². The van der Waals surface area contributed by atoms with Gasteiger partial charge < -0.3 is 20.9 Å². The van der Waals surface area contributed by atoms with Gasteiger partial charge in [0.1, 0.15) is 5.82 Å². The van der Waals surface area contributed by atoms with E-state index >= 15 is 0 Å². The number of amides is 1. The van der Waals surface area contributed by atoms with Gasteiger partial charge in [-0.2, -0.15) is 0 Å². The Morgan fingerprint density at radius 3 is 2.42 bits per heavy atom. The molecule has 1 saturated heterocycles. The Morgan fingerprint density at radius 2 is 1.77 bits per heavy atom. The van der Waals surface area contributed by atoms with Gasteiger partial charge in [-0.25, -0.2) is 4.98 Å². The minimum absolute atomic E-state index is 0.0607. The predicted octanol–water partition coefficient (Wildman–Crippen LogP) is 3.94. The molecule has 0 spiro atoms. The number of carbonyl (C=O) groups is 1. The lowest BCUT2D eigenvalue weighted by Crippen LogP contribution is -2.51. The summed E-state index contributed by atoms with van der Waals surface area (Å²) in [7, 11) is 0. The Kier molecular flexibility index (Phi) is 5.34. The van der Waals surface area contributed by atoms with Crippen LogP contribution in [0.1, 0.15) is 51.3 Å². The molecule has 1 aliphatic carbocycles. The zero-order valence-electron chi connectivity index (χ0n) is 18.5. The summed E-state index contributed by atoms with van der Waals surface area (Å²) < 4.78 is 0. The van der Waals surface area contributed by atoms with Crippen LogP contribution in [0.4, 0.5) is 17.2 Å². The molecular weight excluding hydrogens is 386 g/mol. The highest BCUT2D eigenvalue weighted by Crippen LogP contribution is 2.49. The van der Waals surface area contributed by atoms with E-state index in [1.807, 2.05) is 11.0 Å². The molecule has 2 fully saturated rings. The van der Waals surface area contributed by atoms with Gasteiger partial charge in [0, 0.05) is 43.7 Å². The molecule has 3 N–H and O–H groups in total. The number of hydrogen-bond acceptors (Lipinski definition) is 5. The molecule has 3 heterocycles. The van der Waals surface area contributed by atoms with Crippen molar-refractivity contribution >= 4 is 23.1 Å². The topological polar surface area (TPSA) is 74.5 Å². The minimum atomic E-state index is 0.0607. The quantitative estimate of drug-likeness (QED) is 0.785. The number of nitrogens with two attached hydrogens (primary N) is 1. The zero-order chi connectivity index (χ0) is 21.5. The van der Waals surface area contributed by atoms with Crippen LogP contribution in [-0.4, -0.2) is 36.1 Å². The summed E-state index contributed by atoms with van der Waals surface area (Å²) in [6, 6.07) is 15.1. The maximum Gasteiger partial charge on any atom is 0.224 e. The van der Waals surface area contributed by atoms with Crippen molar-refractivity contribution in [2.75, 3.05) is 28.2 Å². The summed E-state index contributed by atoms with van der Waals surface area (Å²) in [5.41, 5.74) is 9.15. The highest BCUT2D eigenvalue weighted by Gasteiger charge is 2.48. The van der Waals surface area contributed by atoms with Crippen LogP contribution in [0.2, 0.25) is 0 Å². The molecule has 2 unspecified atom stereocenters. The van der Waals surface area contributed by atoms with Crippen LogP contribution >= 0.6 is 0 Å². The van der Waals surface area contributed by atoms with Gasteiger partial charge in [-0.3, -0.25) is 4.79 Å². The average Bonchev–Trinajstić information content (AvgIpc) is 3.61. The number of nitrogens with zero attached hydrogens (tertiary/aromatic N) is 3. The number of para-hydroxylation sites is 1. The van der Waals surface area contributed by atoms with Crippen LogP contribution in [0.15, 0.2) is 42.5 Å². The smallest absolute Gasteiger partial charge is 0.224 e. The van der Waals surface area contributed by atoms with E-state index in [1.54, 1.807) is 6.92 Å². The standard InChI is InChI=1S/C25H33N5O/c1-16-23(27-20-6-4-3-5-7-20)24-21(30(17(2)31)25(16)18-8-9-18)10-11-22(28-24)29-14-12-19(26)13-15-29/h3-7,10-11,16,18-19,23,25,27H,8-9,12-15,26H2,1-2H3/t16?,23-,25?/m1/s1. The summed E-state index contributed by atoms with van der Waals surface area (Å²) in [5.74, 6) is 1.95. The Bertz CT molecular complexity index is 936. The molecule has 164 valence electrons. The number of anilines is 3. The van der Waals surface area contributed by atoms with E-state index in [0.717, 1.165) is 48.8 Å². The Balaban J connectivity index is 1.56. The lowest BCUT2D eigenvalue weighted by molar-refractivity contribution is -0.117. The van der Waals surface area contributed by atoms with Gasteiger partial charge in [0.05, 0.1) is 17.4 Å². The summed E-state index contributed by atoms with van der Waals surface area (Å²) in [6.07, 6.45) is 4.38. The highest BCUT2D eigenvalue weighted by molar-refractivity contribution is 5.94. The lowest BCUT2D eigenvalue weighted by Gasteiger charge is -2.45. The van der Waals surface area contributed by atoms with Crippen LogP contribution in [0.5, 0.6) is 0 Å². The van der Waals surface area contributed by atoms with Gasteiger partial charge in [0.25, 0.3) is 0 Å². The second-order valence-corrected chi connectivity index (χ2v) is 9.46. The van der Waals surface area contributed by atoms with E-state index in [9.17, 15) is 4.79 Å². The van der Waals surface area contributed by atoms with Crippen molar-refractivity contribution in [3.05, 3.63) is 48.2 Å². The number of pyridine rings is 1. The minimum Gasteiger partial charge on any atom is -0.376 e. The van der Waals surface area contributed by atoms with Crippen LogP contribution in [0.25, 0.3) is 0 Å². The van der Waals surface area contributed by atoms with Crippen molar-refractivity contribution in [1.29, 1.82) is 0 Å². The molecule has 2 aromatic rings. The molecule has 1 amide bonds.